The average molecular weight is 367 g/mol. The van der Waals surface area contributed by atoms with E-state index in [9.17, 15) is 24.0 Å². The van der Waals surface area contributed by atoms with Crippen LogP contribution in [0.2, 0.25) is 0 Å². The maximum atomic E-state index is 12.7. The lowest BCUT2D eigenvalue weighted by atomic mass is 9.86. The van der Waals surface area contributed by atoms with Crippen molar-refractivity contribution in [3.8, 4) is 0 Å². The highest BCUT2D eigenvalue weighted by atomic mass is 16.4. The van der Waals surface area contributed by atoms with Crippen LogP contribution in [0.4, 0.5) is 0 Å². The van der Waals surface area contributed by atoms with E-state index in [4.69, 9.17) is 10.8 Å². The van der Waals surface area contributed by atoms with Gasteiger partial charge in [-0.15, -0.1) is 0 Å². The molecular formula is C18H13N3O6. The first-order valence-corrected chi connectivity index (χ1v) is 8.10. The van der Waals surface area contributed by atoms with E-state index in [-0.39, 0.29) is 46.1 Å². The summed E-state index contributed by atoms with van der Waals surface area (Å²) in [5.74, 6) is -3.97. The van der Waals surface area contributed by atoms with Gasteiger partial charge < -0.3 is 10.8 Å². The van der Waals surface area contributed by atoms with Gasteiger partial charge in [-0.3, -0.25) is 33.8 Å². The Balaban J connectivity index is 2.00. The molecule has 0 spiro atoms. The van der Waals surface area contributed by atoms with Crippen LogP contribution in [0.1, 0.15) is 41.4 Å². The molecule has 2 aromatic carbocycles. The molecular weight excluding hydrogens is 354 g/mol. The number of carboxylic acid groups (broad SMARTS) is 1. The molecule has 2 aliphatic rings. The fourth-order valence-corrected chi connectivity index (χ4v) is 3.59. The molecule has 0 atom stereocenters. The zero-order valence-corrected chi connectivity index (χ0v) is 13.9. The lowest BCUT2D eigenvalue weighted by Crippen LogP contribution is -2.45. The molecule has 2 aromatic rings. The molecule has 2 aliphatic heterocycles. The number of carboxylic acids is 1. The molecule has 0 unspecified atom stereocenters. The minimum atomic E-state index is -1.33. The first-order valence-electron chi connectivity index (χ1n) is 8.10. The highest BCUT2D eigenvalue weighted by molar-refractivity contribution is 6.33. The number of rotatable bonds is 4. The molecule has 0 bridgehead atoms. The predicted octanol–water partition coefficient (Wildman–Crippen LogP) is 0.0751. The summed E-state index contributed by atoms with van der Waals surface area (Å²) in [5.41, 5.74) is 6.05. The summed E-state index contributed by atoms with van der Waals surface area (Å²) in [6.07, 6.45) is 0. The van der Waals surface area contributed by atoms with E-state index in [1.807, 2.05) is 0 Å². The molecule has 3 N–H and O–H groups in total. The van der Waals surface area contributed by atoms with Gasteiger partial charge in [0.05, 0.1) is 0 Å². The number of nitrogens with two attached hydrogens (primary N) is 1. The number of carbonyl (C=O) groups is 5. The van der Waals surface area contributed by atoms with Crippen LogP contribution in [0.3, 0.4) is 0 Å². The normalized spacial score (nSPS) is 15.7. The number of amides is 4. The molecule has 0 aromatic heterocycles. The van der Waals surface area contributed by atoms with E-state index in [2.05, 4.69) is 0 Å². The molecule has 136 valence electrons. The number of hydrogen-bond donors (Lipinski definition) is 2. The summed E-state index contributed by atoms with van der Waals surface area (Å²) in [4.78, 5) is 63.4. The van der Waals surface area contributed by atoms with Crippen LogP contribution >= 0.6 is 0 Å². The van der Waals surface area contributed by atoms with Gasteiger partial charge in [0.1, 0.15) is 6.54 Å². The van der Waals surface area contributed by atoms with E-state index in [0.717, 1.165) is 4.90 Å². The molecule has 0 aliphatic carbocycles. The van der Waals surface area contributed by atoms with E-state index >= 15 is 0 Å². The summed E-state index contributed by atoms with van der Waals surface area (Å²) >= 11 is 0. The lowest BCUT2D eigenvalue weighted by molar-refractivity contribution is -0.137. The van der Waals surface area contributed by atoms with Crippen LogP contribution in [-0.4, -0.2) is 64.1 Å². The first-order chi connectivity index (χ1) is 12.9. The van der Waals surface area contributed by atoms with E-state index in [0.29, 0.717) is 4.90 Å². The summed E-state index contributed by atoms with van der Waals surface area (Å²) in [5, 5.41) is 9.42. The summed E-state index contributed by atoms with van der Waals surface area (Å²) in [7, 11) is 0. The van der Waals surface area contributed by atoms with Crippen molar-refractivity contribution < 1.29 is 29.1 Å². The number of hydrogen-bond acceptors (Lipinski definition) is 6. The van der Waals surface area contributed by atoms with Gasteiger partial charge in [-0.25, -0.2) is 0 Å². The number of nitrogens with zero attached hydrogens (tertiary/aromatic N) is 2. The van der Waals surface area contributed by atoms with Gasteiger partial charge in [0.25, 0.3) is 23.6 Å². The van der Waals surface area contributed by atoms with Crippen molar-refractivity contribution in [3.63, 3.8) is 0 Å². The van der Waals surface area contributed by atoms with Gasteiger partial charge >= 0.3 is 5.97 Å². The Bertz CT molecular complexity index is 1020. The Morgan fingerprint density at radius 2 is 1.15 bits per heavy atom. The highest BCUT2D eigenvalue weighted by Crippen LogP contribution is 2.37. The number of imide groups is 2. The fraction of sp³-hybridized carbons (Fsp3) is 0.167. The number of carbonyl (C=O) groups excluding carboxylic acids is 4. The Labute approximate surface area is 151 Å². The zero-order chi connectivity index (χ0) is 19.5. The van der Waals surface area contributed by atoms with Crippen molar-refractivity contribution in [2.45, 2.75) is 0 Å². The van der Waals surface area contributed by atoms with Gasteiger partial charge in [0.2, 0.25) is 0 Å². The lowest BCUT2D eigenvalue weighted by Gasteiger charge is -2.31. The molecule has 9 heteroatoms. The molecule has 0 saturated carbocycles. The maximum absolute atomic E-state index is 12.7. The van der Waals surface area contributed by atoms with Crippen molar-refractivity contribution in [1.29, 1.82) is 0 Å². The molecule has 4 rings (SSSR count). The molecule has 2 heterocycles. The second-order valence-electron chi connectivity index (χ2n) is 6.21. The summed E-state index contributed by atoms with van der Waals surface area (Å²) in [6, 6.07) is 5.58. The molecule has 4 amide bonds. The smallest absolute Gasteiger partial charge is 0.323 e. The topological polar surface area (TPSA) is 138 Å². The summed E-state index contributed by atoms with van der Waals surface area (Å²) < 4.78 is 0. The minimum absolute atomic E-state index is 0.0480. The molecule has 0 radical (unpaired) electrons. The third-order valence-corrected chi connectivity index (χ3v) is 4.71. The first kappa shape index (κ1) is 16.9. The Morgan fingerprint density at radius 1 is 0.778 bits per heavy atom. The SMILES string of the molecule is NCCN1C(=O)c2ccc3c4c(ccc(c24)C1=O)C(=O)N(CC(=O)O)C3=O. The molecule has 9 nitrogen and oxygen atoms in total. The van der Waals surface area contributed by atoms with Crippen LogP contribution in [0.25, 0.3) is 10.8 Å². The highest BCUT2D eigenvalue weighted by Gasteiger charge is 2.39. The van der Waals surface area contributed by atoms with Crippen LogP contribution in [-0.2, 0) is 4.79 Å². The number of benzene rings is 2. The van der Waals surface area contributed by atoms with Gasteiger partial charge in [-0.05, 0) is 24.3 Å². The second-order valence-corrected chi connectivity index (χ2v) is 6.21. The third-order valence-electron chi connectivity index (χ3n) is 4.71. The maximum Gasteiger partial charge on any atom is 0.323 e. The Kier molecular flexibility index (Phi) is 3.57. The molecule has 27 heavy (non-hydrogen) atoms. The standard InChI is InChI=1S/C18H13N3O6/c19-5-6-20-15(24)8-1-3-10-14-11(4-2-9(13(8)14)16(20)25)18(27)21(17(10)26)7-12(22)23/h1-4H,5-7,19H2,(H,22,23). The third kappa shape index (κ3) is 2.18. The average Bonchev–Trinajstić information content (AvgIpc) is 2.64. The zero-order valence-electron chi connectivity index (χ0n) is 13.9. The second kappa shape index (κ2) is 5.71. The summed E-state index contributed by atoms with van der Waals surface area (Å²) in [6.45, 7) is -0.621. The fourth-order valence-electron chi connectivity index (χ4n) is 3.59. The van der Waals surface area contributed by atoms with Crippen molar-refractivity contribution >= 4 is 40.4 Å². The monoisotopic (exact) mass is 367 g/mol. The van der Waals surface area contributed by atoms with E-state index in [1.54, 1.807) is 0 Å². The van der Waals surface area contributed by atoms with Crippen molar-refractivity contribution in [3.05, 3.63) is 46.5 Å². The van der Waals surface area contributed by atoms with Crippen LogP contribution < -0.4 is 5.73 Å². The van der Waals surface area contributed by atoms with Gasteiger partial charge in [-0.2, -0.15) is 0 Å². The Morgan fingerprint density at radius 3 is 1.48 bits per heavy atom. The molecule has 0 fully saturated rings. The van der Waals surface area contributed by atoms with Crippen LogP contribution in [0, 0.1) is 0 Å². The van der Waals surface area contributed by atoms with Gasteiger partial charge in [0, 0.05) is 46.1 Å². The minimum Gasteiger partial charge on any atom is -0.480 e. The Hall–Kier alpha value is -3.59. The van der Waals surface area contributed by atoms with Crippen molar-refractivity contribution in [2.24, 2.45) is 5.73 Å². The predicted molar refractivity (Wildman–Crippen MR) is 91.4 cm³/mol. The quantitative estimate of drug-likeness (QED) is 0.730. The van der Waals surface area contributed by atoms with Gasteiger partial charge in [0.15, 0.2) is 0 Å². The van der Waals surface area contributed by atoms with E-state index < -0.39 is 36.1 Å². The van der Waals surface area contributed by atoms with Crippen LogP contribution in [0.5, 0.6) is 0 Å². The van der Waals surface area contributed by atoms with Crippen molar-refractivity contribution in [1.82, 2.24) is 9.80 Å². The van der Waals surface area contributed by atoms with Crippen molar-refractivity contribution in [2.75, 3.05) is 19.6 Å². The largest absolute Gasteiger partial charge is 0.480 e. The van der Waals surface area contributed by atoms with E-state index in [1.165, 1.54) is 24.3 Å². The van der Waals surface area contributed by atoms with Crippen LogP contribution in [0.15, 0.2) is 24.3 Å². The van der Waals surface area contributed by atoms with Gasteiger partial charge in [-0.1, -0.05) is 0 Å². The molecule has 0 saturated heterocycles. The number of aliphatic carboxylic acids is 1.